The SMILES string of the molecule is COc1cc(NCC2(C3CC3)CC2)c(F)cc1N. The molecule has 0 amide bonds. The maximum absolute atomic E-state index is 13.8. The van der Waals surface area contributed by atoms with E-state index in [2.05, 4.69) is 5.32 Å². The van der Waals surface area contributed by atoms with E-state index in [1.54, 1.807) is 13.2 Å². The van der Waals surface area contributed by atoms with E-state index in [0.29, 0.717) is 22.5 Å². The summed E-state index contributed by atoms with van der Waals surface area (Å²) >= 11 is 0. The number of halogens is 1. The topological polar surface area (TPSA) is 47.3 Å². The number of benzene rings is 1. The first kappa shape index (κ1) is 11.6. The van der Waals surface area contributed by atoms with Gasteiger partial charge in [0.05, 0.1) is 18.5 Å². The fourth-order valence-corrected chi connectivity index (χ4v) is 2.74. The Kier molecular flexibility index (Phi) is 2.61. The molecule has 0 aromatic heterocycles. The molecule has 0 saturated heterocycles. The van der Waals surface area contributed by atoms with Gasteiger partial charge in [-0.1, -0.05) is 0 Å². The minimum Gasteiger partial charge on any atom is -0.495 e. The molecule has 0 unspecified atom stereocenters. The second-order valence-electron chi connectivity index (χ2n) is 5.56. The molecule has 98 valence electrons. The van der Waals surface area contributed by atoms with Crippen molar-refractivity contribution in [3.63, 3.8) is 0 Å². The molecule has 0 aliphatic heterocycles. The van der Waals surface area contributed by atoms with Crippen LogP contribution in [0.4, 0.5) is 15.8 Å². The largest absolute Gasteiger partial charge is 0.495 e. The first-order chi connectivity index (χ1) is 8.64. The van der Waals surface area contributed by atoms with Gasteiger partial charge in [-0.25, -0.2) is 4.39 Å². The molecule has 0 spiro atoms. The molecule has 0 atom stereocenters. The summed E-state index contributed by atoms with van der Waals surface area (Å²) in [6, 6.07) is 2.96. The molecule has 1 aromatic rings. The smallest absolute Gasteiger partial charge is 0.148 e. The summed E-state index contributed by atoms with van der Waals surface area (Å²) in [6.07, 6.45) is 5.24. The van der Waals surface area contributed by atoms with Gasteiger partial charge in [0.1, 0.15) is 11.6 Å². The van der Waals surface area contributed by atoms with Gasteiger partial charge >= 0.3 is 0 Å². The van der Waals surface area contributed by atoms with E-state index < -0.39 is 0 Å². The van der Waals surface area contributed by atoms with E-state index in [0.717, 1.165) is 12.5 Å². The number of methoxy groups -OCH3 is 1. The first-order valence-corrected chi connectivity index (χ1v) is 6.51. The highest BCUT2D eigenvalue weighted by molar-refractivity contribution is 5.62. The average molecular weight is 250 g/mol. The monoisotopic (exact) mass is 250 g/mol. The van der Waals surface area contributed by atoms with Crippen molar-refractivity contribution in [3.8, 4) is 5.75 Å². The average Bonchev–Trinajstić information content (AvgIpc) is 3.20. The number of anilines is 2. The predicted molar refractivity (Wildman–Crippen MR) is 70.2 cm³/mol. The molecule has 2 saturated carbocycles. The van der Waals surface area contributed by atoms with Gasteiger partial charge in [0, 0.05) is 18.7 Å². The molecular weight excluding hydrogens is 231 g/mol. The van der Waals surface area contributed by atoms with E-state index in [-0.39, 0.29) is 5.82 Å². The second kappa shape index (κ2) is 4.04. The molecule has 0 bridgehead atoms. The van der Waals surface area contributed by atoms with Crippen molar-refractivity contribution in [1.29, 1.82) is 0 Å². The quantitative estimate of drug-likeness (QED) is 0.790. The molecule has 0 radical (unpaired) electrons. The molecule has 2 fully saturated rings. The second-order valence-corrected chi connectivity index (χ2v) is 5.56. The van der Waals surface area contributed by atoms with Crippen LogP contribution in [0.15, 0.2) is 12.1 Å². The first-order valence-electron chi connectivity index (χ1n) is 6.51. The van der Waals surface area contributed by atoms with Gasteiger partial charge in [-0.3, -0.25) is 0 Å². The van der Waals surface area contributed by atoms with Gasteiger partial charge in [-0.15, -0.1) is 0 Å². The fraction of sp³-hybridized carbons (Fsp3) is 0.571. The van der Waals surface area contributed by atoms with Gasteiger partial charge in [0.2, 0.25) is 0 Å². The van der Waals surface area contributed by atoms with Crippen molar-refractivity contribution in [1.82, 2.24) is 0 Å². The zero-order chi connectivity index (χ0) is 12.8. The van der Waals surface area contributed by atoms with Crippen molar-refractivity contribution in [2.75, 3.05) is 24.7 Å². The molecular formula is C14H19FN2O. The normalized spacial score (nSPS) is 20.6. The van der Waals surface area contributed by atoms with Crippen LogP contribution in [0.2, 0.25) is 0 Å². The van der Waals surface area contributed by atoms with Crippen molar-refractivity contribution in [2.45, 2.75) is 25.7 Å². The summed E-state index contributed by atoms with van der Waals surface area (Å²) in [5.41, 5.74) is 6.94. The Labute approximate surface area is 107 Å². The highest BCUT2D eigenvalue weighted by Crippen LogP contribution is 2.61. The lowest BCUT2D eigenvalue weighted by atomic mass is 10.0. The highest BCUT2D eigenvalue weighted by atomic mass is 19.1. The minimum absolute atomic E-state index is 0.306. The van der Waals surface area contributed by atoms with Crippen molar-refractivity contribution in [3.05, 3.63) is 17.9 Å². The highest BCUT2D eigenvalue weighted by Gasteiger charge is 2.53. The van der Waals surface area contributed by atoms with Crippen molar-refractivity contribution >= 4 is 11.4 Å². The summed E-state index contributed by atoms with van der Waals surface area (Å²) in [4.78, 5) is 0. The summed E-state index contributed by atoms with van der Waals surface area (Å²) < 4.78 is 18.9. The molecule has 2 aliphatic carbocycles. The van der Waals surface area contributed by atoms with Crippen LogP contribution in [-0.2, 0) is 0 Å². The number of ether oxygens (including phenoxy) is 1. The third-order valence-electron chi connectivity index (χ3n) is 4.29. The van der Waals surface area contributed by atoms with E-state index in [1.807, 2.05) is 0 Å². The molecule has 4 heteroatoms. The Morgan fingerprint density at radius 2 is 2.17 bits per heavy atom. The molecule has 3 nitrogen and oxygen atoms in total. The van der Waals surface area contributed by atoms with Gasteiger partial charge in [-0.2, -0.15) is 0 Å². The summed E-state index contributed by atoms with van der Waals surface area (Å²) in [6.45, 7) is 0.863. The Morgan fingerprint density at radius 3 is 2.72 bits per heavy atom. The maximum Gasteiger partial charge on any atom is 0.148 e. The minimum atomic E-state index is -0.306. The number of hydrogen-bond donors (Lipinski definition) is 2. The van der Waals surface area contributed by atoms with Crippen molar-refractivity contribution in [2.24, 2.45) is 11.3 Å². The van der Waals surface area contributed by atoms with E-state index in [4.69, 9.17) is 10.5 Å². The predicted octanol–water partition coefficient (Wildman–Crippen LogP) is 3.02. The third kappa shape index (κ3) is 2.00. The van der Waals surface area contributed by atoms with E-state index in [1.165, 1.54) is 31.7 Å². The fourth-order valence-electron chi connectivity index (χ4n) is 2.74. The molecule has 3 rings (SSSR count). The number of rotatable bonds is 5. The van der Waals surface area contributed by atoms with Crippen LogP contribution in [0, 0.1) is 17.2 Å². The van der Waals surface area contributed by atoms with Crippen LogP contribution in [0.3, 0.4) is 0 Å². The lowest BCUT2D eigenvalue weighted by molar-refractivity contribution is 0.416. The number of nitrogen functional groups attached to an aromatic ring is 1. The summed E-state index contributed by atoms with van der Waals surface area (Å²) in [7, 11) is 1.54. The Bertz CT molecular complexity index is 467. The lowest BCUT2D eigenvalue weighted by Gasteiger charge is -2.17. The zero-order valence-corrected chi connectivity index (χ0v) is 10.6. The number of nitrogens with one attached hydrogen (secondary N) is 1. The van der Waals surface area contributed by atoms with Gasteiger partial charge in [-0.05, 0) is 37.0 Å². The van der Waals surface area contributed by atoms with Gasteiger partial charge in [0.25, 0.3) is 0 Å². The van der Waals surface area contributed by atoms with Crippen LogP contribution in [0.25, 0.3) is 0 Å². The standard InChI is InChI=1S/C14H19FN2O/c1-18-13-7-12(10(15)6-11(13)16)17-8-14(4-5-14)9-2-3-9/h6-7,9,17H,2-5,8,16H2,1H3. The maximum atomic E-state index is 13.8. The number of hydrogen-bond acceptors (Lipinski definition) is 3. The molecule has 0 heterocycles. The van der Waals surface area contributed by atoms with Crippen LogP contribution in [-0.4, -0.2) is 13.7 Å². The lowest BCUT2D eigenvalue weighted by Crippen LogP contribution is -2.18. The van der Waals surface area contributed by atoms with Gasteiger partial charge < -0.3 is 15.8 Å². The molecule has 18 heavy (non-hydrogen) atoms. The van der Waals surface area contributed by atoms with E-state index in [9.17, 15) is 4.39 Å². The zero-order valence-electron chi connectivity index (χ0n) is 10.6. The number of nitrogens with two attached hydrogens (primary N) is 1. The summed E-state index contributed by atoms with van der Waals surface area (Å²) in [5.74, 6) is 1.08. The third-order valence-corrected chi connectivity index (χ3v) is 4.29. The van der Waals surface area contributed by atoms with Crippen LogP contribution in [0.1, 0.15) is 25.7 Å². The Hall–Kier alpha value is -1.45. The Balaban J connectivity index is 1.72. The van der Waals surface area contributed by atoms with Crippen LogP contribution < -0.4 is 15.8 Å². The summed E-state index contributed by atoms with van der Waals surface area (Å²) in [5, 5.41) is 3.23. The molecule has 1 aromatic carbocycles. The van der Waals surface area contributed by atoms with Crippen molar-refractivity contribution < 1.29 is 9.13 Å². The van der Waals surface area contributed by atoms with Crippen LogP contribution >= 0.6 is 0 Å². The molecule has 2 aliphatic rings. The van der Waals surface area contributed by atoms with Crippen LogP contribution in [0.5, 0.6) is 5.75 Å². The Morgan fingerprint density at radius 1 is 1.44 bits per heavy atom. The van der Waals surface area contributed by atoms with E-state index >= 15 is 0 Å². The van der Waals surface area contributed by atoms with Gasteiger partial charge in [0.15, 0.2) is 0 Å². The molecule has 3 N–H and O–H groups in total.